The second-order valence-corrected chi connectivity index (χ2v) is 3.48. The maximum absolute atomic E-state index is 3.33. The zero-order chi connectivity index (χ0) is 7.40. The van der Waals surface area contributed by atoms with E-state index >= 15 is 0 Å². The van der Waals surface area contributed by atoms with Crippen molar-refractivity contribution >= 4 is 0 Å². The lowest BCUT2D eigenvalue weighted by Crippen LogP contribution is -2.31. The molecule has 11 heavy (non-hydrogen) atoms. The van der Waals surface area contributed by atoms with Gasteiger partial charge in [-0.2, -0.15) is 0 Å². The van der Waals surface area contributed by atoms with E-state index in [4.69, 9.17) is 0 Å². The third-order valence-electron chi connectivity index (χ3n) is 2.81. The van der Waals surface area contributed by atoms with Crippen molar-refractivity contribution < 1.29 is 0 Å². The summed E-state index contributed by atoms with van der Waals surface area (Å²) in [5.41, 5.74) is 0. The first kappa shape index (κ1) is 11.0. The highest BCUT2D eigenvalue weighted by Gasteiger charge is 2.17. The van der Waals surface area contributed by atoms with Crippen molar-refractivity contribution in [2.75, 3.05) is 7.05 Å². The fourth-order valence-electron chi connectivity index (χ4n) is 1.87. The Balaban J connectivity index is 0.000001000. The van der Waals surface area contributed by atoms with Gasteiger partial charge in [-0.05, 0) is 32.7 Å². The lowest BCUT2D eigenvalue weighted by Gasteiger charge is -2.27. The quantitative estimate of drug-likeness (QED) is 0.650. The van der Waals surface area contributed by atoms with E-state index in [2.05, 4.69) is 19.3 Å². The summed E-state index contributed by atoms with van der Waals surface area (Å²) >= 11 is 0. The van der Waals surface area contributed by atoms with E-state index in [-0.39, 0.29) is 7.43 Å². The van der Waals surface area contributed by atoms with E-state index in [0.717, 1.165) is 12.0 Å². The fourth-order valence-corrected chi connectivity index (χ4v) is 1.87. The minimum Gasteiger partial charge on any atom is -0.317 e. The number of hydrogen-bond acceptors (Lipinski definition) is 1. The van der Waals surface area contributed by atoms with Gasteiger partial charge < -0.3 is 5.32 Å². The molecule has 1 rings (SSSR count). The SMILES string of the molecule is C.CN[C@@H](C)C1CCCCC1. The summed E-state index contributed by atoms with van der Waals surface area (Å²) in [7, 11) is 2.07. The molecule has 0 bridgehead atoms. The molecule has 1 fully saturated rings. The normalized spacial score (nSPS) is 22.4. The Hall–Kier alpha value is -0.0400. The molecule has 68 valence electrons. The Bertz CT molecular complexity index is 84.9. The molecular formula is C10H23N. The molecular weight excluding hydrogens is 134 g/mol. The second-order valence-electron chi connectivity index (χ2n) is 3.48. The van der Waals surface area contributed by atoms with Crippen molar-refractivity contribution in [2.45, 2.75) is 52.5 Å². The third kappa shape index (κ3) is 3.24. The summed E-state index contributed by atoms with van der Waals surface area (Å²) in [6, 6.07) is 0.736. The van der Waals surface area contributed by atoms with E-state index in [9.17, 15) is 0 Å². The van der Waals surface area contributed by atoms with Crippen molar-refractivity contribution in [3.63, 3.8) is 0 Å². The van der Waals surface area contributed by atoms with E-state index in [1.54, 1.807) is 0 Å². The predicted molar refractivity (Wildman–Crippen MR) is 51.8 cm³/mol. The van der Waals surface area contributed by atoms with Crippen LogP contribution in [-0.2, 0) is 0 Å². The van der Waals surface area contributed by atoms with Crippen LogP contribution in [0.1, 0.15) is 46.5 Å². The zero-order valence-corrected chi connectivity index (χ0v) is 7.19. The molecule has 0 aliphatic heterocycles. The van der Waals surface area contributed by atoms with Gasteiger partial charge in [0.25, 0.3) is 0 Å². The average Bonchev–Trinajstić information content (AvgIpc) is 2.05. The van der Waals surface area contributed by atoms with Crippen LogP contribution in [0, 0.1) is 5.92 Å². The average molecular weight is 157 g/mol. The van der Waals surface area contributed by atoms with E-state index in [1.165, 1.54) is 32.1 Å². The van der Waals surface area contributed by atoms with Crippen LogP contribution in [0.25, 0.3) is 0 Å². The van der Waals surface area contributed by atoms with Gasteiger partial charge in [-0.1, -0.05) is 26.7 Å². The van der Waals surface area contributed by atoms with Crippen LogP contribution >= 0.6 is 0 Å². The summed E-state index contributed by atoms with van der Waals surface area (Å²) < 4.78 is 0. The van der Waals surface area contributed by atoms with Crippen LogP contribution in [0.2, 0.25) is 0 Å². The molecule has 1 heteroatoms. The fraction of sp³-hybridized carbons (Fsp3) is 1.00. The topological polar surface area (TPSA) is 12.0 Å². The smallest absolute Gasteiger partial charge is 0.00639 e. The van der Waals surface area contributed by atoms with Gasteiger partial charge in [-0.15, -0.1) is 0 Å². The van der Waals surface area contributed by atoms with Crippen LogP contribution in [-0.4, -0.2) is 13.1 Å². The predicted octanol–water partition coefficient (Wildman–Crippen LogP) is 2.81. The Kier molecular flexibility index (Phi) is 5.57. The molecule has 1 N–H and O–H groups in total. The molecule has 0 aromatic carbocycles. The Morgan fingerprint density at radius 3 is 2.18 bits per heavy atom. The largest absolute Gasteiger partial charge is 0.317 e. The lowest BCUT2D eigenvalue weighted by atomic mass is 9.85. The number of rotatable bonds is 2. The van der Waals surface area contributed by atoms with E-state index in [0.29, 0.717) is 0 Å². The van der Waals surface area contributed by atoms with Gasteiger partial charge in [0, 0.05) is 6.04 Å². The molecule has 1 aliphatic carbocycles. The van der Waals surface area contributed by atoms with Crippen LogP contribution in [0.3, 0.4) is 0 Å². The van der Waals surface area contributed by atoms with Crippen molar-refractivity contribution in [2.24, 2.45) is 5.92 Å². The molecule has 1 saturated carbocycles. The number of nitrogens with one attached hydrogen (secondary N) is 1. The minimum absolute atomic E-state index is 0. The van der Waals surface area contributed by atoms with Crippen LogP contribution in [0.4, 0.5) is 0 Å². The molecule has 0 heterocycles. The summed E-state index contributed by atoms with van der Waals surface area (Å²) in [5, 5.41) is 3.33. The first-order chi connectivity index (χ1) is 4.84. The van der Waals surface area contributed by atoms with E-state index < -0.39 is 0 Å². The van der Waals surface area contributed by atoms with Crippen molar-refractivity contribution in [3.05, 3.63) is 0 Å². The van der Waals surface area contributed by atoms with Gasteiger partial charge in [0.05, 0.1) is 0 Å². The highest BCUT2D eigenvalue weighted by Crippen LogP contribution is 2.25. The summed E-state index contributed by atoms with van der Waals surface area (Å²) in [5.74, 6) is 0.957. The van der Waals surface area contributed by atoms with Gasteiger partial charge >= 0.3 is 0 Å². The molecule has 0 aromatic heterocycles. The van der Waals surface area contributed by atoms with E-state index in [1.807, 2.05) is 0 Å². The Labute approximate surface area is 71.6 Å². The molecule has 0 saturated heterocycles. The second kappa shape index (κ2) is 5.59. The van der Waals surface area contributed by atoms with Gasteiger partial charge in [-0.3, -0.25) is 0 Å². The van der Waals surface area contributed by atoms with Gasteiger partial charge in [0.2, 0.25) is 0 Å². The molecule has 0 radical (unpaired) electrons. The highest BCUT2D eigenvalue weighted by atomic mass is 14.9. The summed E-state index contributed by atoms with van der Waals surface area (Å²) in [4.78, 5) is 0. The summed E-state index contributed by atoms with van der Waals surface area (Å²) in [6.45, 7) is 2.30. The van der Waals surface area contributed by atoms with Crippen LogP contribution in [0.15, 0.2) is 0 Å². The molecule has 1 nitrogen and oxygen atoms in total. The Morgan fingerprint density at radius 1 is 1.18 bits per heavy atom. The molecule has 0 unspecified atom stereocenters. The van der Waals surface area contributed by atoms with Crippen LogP contribution in [0.5, 0.6) is 0 Å². The third-order valence-corrected chi connectivity index (χ3v) is 2.81. The molecule has 0 spiro atoms. The maximum Gasteiger partial charge on any atom is 0.00639 e. The molecule has 1 atom stereocenters. The zero-order valence-electron chi connectivity index (χ0n) is 7.19. The van der Waals surface area contributed by atoms with Crippen molar-refractivity contribution in [1.82, 2.24) is 5.32 Å². The molecule has 0 aromatic rings. The first-order valence-electron chi connectivity index (χ1n) is 4.52. The van der Waals surface area contributed by atoms with Crippen molar-refractivity contribution in [1.29, 1.82) is 0 Å². The van der Waals surface area contributed by atoms with Gasteiger partial charge in [0.15, 0.2) is 0 Å². The van der Waals surface area contributed by atoms with Crippen LogP contribution < -0.4 is 5.32 Å². The molecule has 0 amide bonds. The highest BCUT2D eigenvalue weighted by molar-refractivity contribution is 4.74. The minimum atomic E-state index is 0. The monoisotopic (exact) mass is 157 g/mol. The van der Waals surface area contributed by atoms with Crippen molar-refractivity contribution in [3.8, 4) is 0 Å². The molecule has 1 aliphatic rings. The van der Waals surface area contributed by atoms with Gasteiger partial charge in [-0.25, -0.2) is 0 Å². The number of hydrogen-bond donors (Lipinski definition) is 1. The standard InChI is InChI=1S/C9H19N.CH4/c1-8(10-2)9-6-4-3-5-7-9;/h8-10H,3-7H2,1-2H3;1H4/t8-;/m0./s1. The van der Waals surface area contributed by atoms with Gasteiger partial charge in [0.1, 0.15) is 0 Å². The Morgan fingerprint density at radius 2 is 1.73 bits per heavy atom. The lowest BCUT2D eigenvalue weighted by molar-refractivity contribution is 0.291. The first-order valence-corrected chi connectivity index (χ1v) is 4.52. The maximum atomic E-state index is 3.33. The summed E-state index contributed by atoms with van der Waals surface area (Å²) in [6.07, 6.45) is 7.27.